The lowest BCUT2D eigenvalue weighted by Gasteiger charge is -2.13. The van der Waals surface area contributed by atoms with Crippen LogP contribution >= 0.6 is 11.6 Å². The topological polar surface area (TPSA) is 55.8 Å². The summed E-state index contributed by atoms with van der Waals surface area (Å²) in [7, 11) is 0. The van der Waals surface area contributed by atoms with Crippen LogP contribution in [-0.2, 0) is 9.53 Å². The summed E-state index contributed by atoms with van der Waals surface area (Å²) >= 11 is 5.85. The van der Waals surface area contributed by atoms with Gasteiger partial charge < -0.3 is 14.6 Å². The quantitative estimate of drug-likeness (QED) is 0.618. The van der Waals surface area contributed by atoms with Gasteiger partial charge in [0.15, 0.2) is 6.61 Å². The monoisotopic (exact) mass is 286 g/mol. The van der Waals surface area contributed by atoms with Crippen molar-refractivity contribution in [2.75, 3.05) is 13.2 Å². The standard InChI is InChI=1S/C14H19ClO4/c1-3-4-7-18-14(17)9-19-13-6-5-11(15)8-12(13)10(2)16/h5-6,8,10,16H,3-4,7,9H2,1-2H3/t10-/m0/s1. The maximum absolute atomic E-state index is 11.4. The molecular formula is C14H19ClO4. The number of rotatable bonds is 7. The minimum Gasteiger partial charge on any atom is -0.482 e. The summed E-state index contributed by atoms with van der Waals surface area (Å²) in [5, 5.41) is 10.1. The molecule has 1 rings (SSSR count). The van der Waals surface area contributed by atoms with Gasteiger partial charge in [-0.2, -0.15) is 0 Å². The molecule has 4 nitrogen and oxygen atoms in total. The summed E-state index contributed by atoms with van der Waals surface area (Å²) in [6, 6.07) is 4.89. The third-order valence-electron chi connectivity index (χ3n) is 2.53. The van der Waals surface area contributed by atoms with Crippen molar-refractivity contribution in [3.63, 3.8) is 0 Å². The second kappa shape index (κ2) is 8.02. The molecule has 0 aliphatic heterocycles. The largest absolute Gasteiger partial charge is 0.482 e. The lowest BCUT2D eigenvalue weighted by molar-refractivity contribution is -0.146. The number of aliphatic hydroxyl groups is 1. The fourth-order valence-electron chi connectivity index (χ4n) is 1.49. The highest BCUT2D eigenvalue weighted by molar-refractivity contribution is 6.30. The fourth-order valence-corrected chi connectivity index (χ4v) is 1.67. The summed E-state index contributed by atoms with van der Waals surface area (Å²) in [5.74, 6) is 0.0202. The first kappa shape index (κ1) is 15.8. The van der Waals surface area contributed by atoms with Crippen molar-refractivity contribution < 1.29 is 19.4 Å². The van der Waals surface area contributed by atoms with Crippen LogP contribution in [0, 0.1) is 0 Å². The van der Waals surface area contributed by atoms with Crippen molar-refractivity contribution in [1.82, 2.24) is 0 Å². The first-order valence-electron chi connectivity index (χ1n) is 6.30. The molecular weight excluding hydrogens is 268 g/mol. The van der Waals surface area contributed by atoms with Crippen molar-refractivity contribution in [2.45, 2.75) is 32.8 Å². The summed E-state index contributed by atoms with van der Waals surface area (Å²) in [6.45, 7) is 3.86. The molecule has 0 aromatic heterocycles. The van der Waals surface area contributed by atoms with Crippen LogP contribution in [0.5, 0.6) is 5.75 Å². The van der Waals surface area contributed by atoms with Crippen LogP contribution in [0.25, 0.3) is 0 Å². The Morgan fingerprint density at radius 3 is 2.84 bits per heavy atom. The predicted octanol–water partition coefficient (Wildman–Crippen LogP) is 3.12. The molecule has 0 amide bonds. The van der Waals surface area contributed by atoms with Gasteiger partial charge >= 0.3 is 5.97 Å². The lowest BCUT2D eigenvalue weighted by atomic mass is 10.1. The van der Waals surface area contributed by atoms with E-state index in [4.69, 9.17) is 21.1 Å². The van der Waals surface area contributed by atoms with Crippen molar-refractivity contribution >= 4 is 17.6 Å². The van der Waals surface area contributed by atoms with E-state index >= 15 is 0 Å². The molecule has 0 radical (unpaired) electrons. The molecule has 0 aliphatic rings. The number of halogens is 1. The lowest BCUT2D eigenvalue weighted by Crippen LogP contribution is -2.16. The molecule has 1 aromatic carbocycles. The van der Waals surface area contributed by atoms with Gasteiger partial charge in [0.05, 0.1) is 12.7 Å². The van der Waals surface area contributed by atoms with Crippen molar-refractivity contribution in [3.8, 4) is 5.75 Å². The molecule has 0 fully saturated rings. The SMILES string of the molecule is CCCCOC(=O)COc1ccc(Cl)cc1[C@H](C)O. The molecule has 0 saturated heterocycles. The Kier molecular flexibility index (Phi) is 6.67. The van der Waals surface area contributed by atoms with Gasteiger partial charge in [-0.05, 0) is 31.5 Å². The summed E-state index contributed by atoms with van der Waals surface area (Å²) in [5.41, 5.74) is 0.550. The van der Waals surface area contributed by atoms with Gasteiger partial charge in [0.1, 0.15) is 5.75 Å². The second-order valence-corrected chi connectivity index (χ2v) is 4.66. The Morgan fingerprint density at radius 2 is 2.21 bits per heavy atom. The molecule has 1 aromatic rings. The van der Waals surface area contributed by atoms with E-state index in [1.165, 1.54) is 0 Å². The molecule has 0 saturated carbocycles. The maximum atomic E-state index is 11.4. The average Bonchev–Trinajstić information content (AvgIpc) is 2.37. The molecule has 0 aliphatic carbocycles. The van der Waals surface area contributed by atoms with Crippen LogP contribution in [0.3, 0.4) is 0 Å². The van der Waals surface area contributed by atoms with Gasteiger partial charge in [-0.25, -0.2) is 4.79 Å². The molecule has 19 heavy (non-hydrogen) atoms. The van der Waals surface area contributed by atoms with Crippen LogP contribution in [0.15, 0.2) is 18.2 Å². The number of ether oxygens (including phenoxy) is 2. The fraction of sp³-hybridized carbons (Fsp3) is 0.500. The minimum atomic E-state index is -0.718. The first-order valence-corrected chi connectivity index (χ1v) is 6.68. The summed E-state index contributed by atoms with van der Waals surface area (Å²) in [6.07, 6.45) is 1.09. The van der Waals surface area contributed by atoms with E-state index in [1.807, 2.05) is 6.92 Å². The number of esters is 1. The zero-order valence-electron chi connectivity index (χ0n) is 11.2. The Labute approximate surface area is 118 Å². The second-order valence-electron chi connectivity index (χ2n) is 4.22. The van der Waals surface area contributed by atoms with Gasteiger partial charge in [0, 0.05) is 10.6 Å². The normalized spacial score (nSPS) is 12.0. The van der Waals surface area contributed by atoms with Gasteiger partial charge in [-0.1, -0.05) is 24.9 Å². The van der Waals surface area contributed by atoms with Crippen molar-refractivity contribution in [1.29, 1.82) is 0 Å². The van der Waals surface area contributed by atoms with Crippen LogP contribution < -0.4 is 4.74 Å². The Bertz CT molecular complexity index is 418. The third kappa shape index (κ3) is 5.49. The molecule has 106 valence electrons. The molecule has 1 N–H and O–H groups in total. The van der Waals surface area contributed by atoms with E-state index in [0.29, 0.717) is 22.9 Å². The summed E-state index contributed by atoms with van der Waals surface area (Å²) < 4.78 is 10.3. The predicted molar refractivity (Wildman–Crippen MR) is 73.4 cm³/mol. The van der Waals surface area contributed by atoms with E-state index in [2.05, 4.69) is 0 Å². The molecule has 1 atom stereocenters. The summed E-state index contributed by atoms with van der Waals surface area (Å²) in [4.78, 5) is 11.4. The smallest absolute Gasteiger partial charge is 0.344 e. The Hall–Kier alpha value is -1.26. The highest BCUT2D eigenvalue weighted by Crippen LogP contribution is 2.28. The van der Waals surface area contributed by atoms with Crippen LogP contribution in [0.2, 0.25) is 5.02 Å². The number of aliphatic hydroxyl groups excluding tert-OH is 1. The van der Waals surface area contributed by atoms with Gasteiger partial charge in [0.2, 0.25) is 0 Å². The van der Waals surface area contributed by atoms with E-state index < -0.39 is 12.1 Å². The number of benzene rings is 1. The van der Waals surface area contributed by atoms with E-state index in [-0.39, 0.29) is 6.61 Å². The number of hydrogen-bond acceptors (Lipinski definition) is 4. The zero-order chi connectivity index (χ0) is 14.3. The Morgan fingerprint density at radius 1 is 1.47 bits per heavy atom. The van der Waals surface area contributed by atoms with Crippen molar-refractivity contribution in [2.24, 2.45) is 0 Å². The third-order valence-corrected chi connectivity index (χ3v) is 2.76. The number of hydrogen-bond donors (Lipinski definition) is 1. The first-order chi connectivity index (χ1) is 9.04. The maximum Gasteiger partial charge on any atom is 0.344 e. The highest BCUT2D eigenvalue weighted by atomic mass is 35.5. The number of carbonyl (C=O) groups excluding carboxylic acids is 1. The number of carbonyl (C=O) groups is 1. The molecule has 0 spiro atoms. The van der Waals surface area contributed by atoms with Crippen LogP contribution in [0.4, 0.5) is 0 Å². The van der Waals surface area contributed by atoms with Crippen LogP contribution in [-0.4, -0.2) is 24.3 Å². The molecule has 5 heteroatoms. The van der Waals surface area contributed by atoms with Crippen molar-refractivity contribution in [3.05, 3.63) is 28.8 Å². The van der Waals surface area contributed by atoms with E-state index in [9.17, 15) is 9.90 Å². The molecule has 0 heterocycles. The number of unbranched alkanes of at least 4 members (excludes halogenated alkanes) is 1. The van der Waals surface area contributed by atoms with Gasteiger partial charge in [-0.15, -0.1) is 0 Å². The van der Waals surface area contributed by atoms with Gasteiger partial charge in [0.25, 0.3) is 0 Å². The van der Waals surface area contributed by atoms with Crippen LogP contribution in [0.1, 0.15) is 38.4 Å². The van der Waals surface area contributed by atoms with E-state index in [0.717, 1.165) is 12.8 Å². The van der Waals surface area contributed by atoms with Gasteiger partial charge in [-0.3, -0.25) is 0 Å². The minimum absolute atomic E-state index is 0.176. The Balaban J connectivity index is 2.55. The van der Waals surface area contributed by atoms with E-state index in [1.54, 1.807) is 25.1 Å². The molecule has 0 unspecified atom stereocenters. The average molecular weight is 287 g/mol. The zero-order valence-corrected chi connectivity index (χ0v) is 11.9. The molecule has 0 bridgehead atoms. The highest BCUT2D eigenvalue weighted by Gasteiger charge is 2.12.